The molecule has 130 valence electrons. The predicted molar refractivity (Wildman–Crippen MR) is 93.4 cm³/mol. The van der Waals surface area contributed by atoms with E-state index in [4.69, 9.17) is 0 Å². The molecule has 3 rings (SSSR count). The maximum absolute atomic E-state index is 12.4. The summed E-state index contributed by atoms with van der Waals surface area (Å²) in [4.78, 5) is 25.6. The number of fused-ring (bicyclic) bond motifs is 1. The maximum atomic E-state index is 12.4. The van der Waals surface area contributed by atoms with Gasteiger partial charge in [-0.25, -0.2) is 4.39 Å². The number of alkyl halides is 1. The summed E-state index contributed by atoms with van der Waals surface area (Å²) in [5, 5.41) is 2.56. The summed E-state index contributed by atoms with van der Waals surface area (Å²) in [6.07, 6.45) is 5.19. The van der Waals surface area contributed by atoms with E-state index in [1.807, 2.05) is 31.4 Å². The van der Waals surface area contributed by atoms with Crippen LogP contribution >= 0.6 is 0 Å². The minimum absolute atomic E-state index is 0.0140. The van der Waals surface area contributed by atoms with E-state index in [1.165, 1.54) is 0 Å². The highest BCUT2D eigenvalue weighted by Gasteiger charge is 2.17. The molecule has 3 aromatic rings. The third-order valence-corrected chi connectivity index (χ3v) is 3.97. The van der Waals surface area contributed by atoms with Crippen LogP contribution in [-0.4, -0.2) is 38.6 Å². The van der Waals surface area contributed by atoms with Crippen molar-refractivity contribution in [2.45, 2.75) is 27.3 Å². The molecule has 0 fully saturated rings. The van der Waals surface area contributed by atoms with Gasteiger partial charge in [-0.2, -0.15) is 0 Å². The number of carbonyl (C=O) groups is 1. The number of halogens is 1. The Morgan fingerprint density at radius 2 is 2.04 bits per heavy atom. The van der Waals surface area contributed by atoms with Crippen molar-refractivity contribution in [2.24, 2.45) is 0 Å². The van der Waals surface area contributed by atoms with Gasteiger partial charge in [-0.3, -0.25) is 19.7 Å². The molecule has 25 heavy (non-hydrogen) atoms. The largest absolute Gasteiger partial charge is 0.349 e. The van der Waals surface area contributed by atoms with E-state index in [0.29, 0.717) is 17.6 Å². The Balaban J connectivity index is 2.05. The SMILES string of the molecule is Cc1cnc2c(C(=O)NCCF)cn(Cc3ncc(C)nc3C)c2c1. The zero-order valence-electron chi connectivity index (χ0n) is 14.5. The zero-order valence-corrected chi connectivity index (χ0v) is 14.5. The summed E-state index contributed by atoms with van der Waals surface area (Å²) in [6.45, 7) is 5.63. The van der Waals surface area contributed by atoms with Crippen LogP contribution in [0.2, 0.25) is 0 Å². The van der Waals surface area contributed by atoms with E-state index >= 15 is 0 Å². The molecule has 0 aliphatic carbocycles. The van der Waals surface area contributed by atoms with E-state index in [9.17, 15) is 9.18 Å². The van der Waals surface area contributed by atoms with Crippen LogP contribution in [-0.2, 0) is 6.54 Å². The van der Waals surface area contributed by atoms with Gasteiger partial charge in [0.05, 0.1) is 34.7 Å². The Morgan fingerprint density at radius 3 is 2.76 bits per heavy atom. The van der Waals surface area contributed by atoms with Gasteiger partial charge in [0.1, 0.15) is 12.2 Å². The Kier molecular flexibility index (Phi) is 4.74. The number of nitrogens with one attached hydrogen (secondary N) is 1. The standard InChI is InChI=1S/C18H20FN5O/c1-11-6-16-17(22-7-11)14(18(25)20-5-4-19)9-24(16)10-15-13(3)23-12(2)8-21-15/h6-9H,4-5,10H2,1-3H3,(H,20,25). The van der Waals surface area contributed by atoms with Crippen LogP contribution in [0.15, 0.2) is 24.7 Å². The summed E-state index contributed by atoms with van der Waals surface area (Å²) >= 11 is 0. The molecule has 0 saturated heterocycles. The Morgan fingerprint density at radius 1 is 1.24 bits per heavy atom. The molecule has 6 nitrogen and oxygen atoms in total. The molecule has 3 heterocycles. The Labute approximate surface area is 145 Å². The minimum Gasteiger partial charge on any atom is -0.349 e. The van der Waals surface area contributed by atoms with Crippen molar-refractivity contribution in [3.63, 3.8) is 0 Å². The van der Waals surface area contributed by atoms with Crippen LogP contribution in [0.1, 0.15) is 33.0 Å². The molecule has 3 aromatic heterocycles. The number of hydrogen-bond acceptors (Lipinski definition) is 4. The second kappa shape index (κ2) is 6.96. The first-order valence-corrected chi connectivity index (χ1v) is 8.08. The van der Waals surface area contributed by atoms with Gasteiger partial charge < -0.3 is 9.88 Å². The van der Waals surface area contributed by atoms with E-state index in [0.717, 1.165) is 28.2 Å². The average molecular weight is 341 g/mol. The summed E-state index contributed by atoms with van der Waals surface area (Å²) in [6, 6.07) is 1.98. The number of carbonyl (C=O) groups excluding carboxylic acids is 1. The van der Waals surface area contributed by atoms with Gasteiger partial charge in [-0.05, 0) is 32.4 Å². The number of pyridine rings is 1. The Hall–Kier alpha value is -2.83. The van der Waals surface area contributed by atoms with Gasteiger partial charge in [0.15, 0.2) is 0 Å². The highest BCUT2D eigenvalue weighted by molar-refractivity contribution is 6.05. The normalized spacial score (nSPS) is 11.0. The van der Waals surface area contributed by atoms with Crippen LogP contribution < -0.4 is 5.32 Å². The molecule has 0 aliphatic rings. The third-order valence-electron chi connectivity index (χ3n) is 3.97. The van der Waals surface area contributed by atoms with Crippen molar-refractivity contribution >= 4 is 16.9 Å². The number of rotatable bonds is 5. The summed E-state index contributed by atoms with van der Waals surface area (Å²) in [7, 11) is 0. The minimum atomic E-state index is -0.602. The molecule has 1 amide bonds. The van der Waals surface area contributed by atoms with Gasteiger partial charge in [0.2, 0.25) is 0 Å². The van der Waals surface area contributed by atoms with Crippen LogP contribution in [0.5, 0.6) is 0 Å². The summed E-state index contributed by atoms with van der Waals surface area (Å²) in [5.74, 6) is -0.329. The van der Waals surface area contributed by atoms with Crippen molar-refractivity contribution < 1.29 is 9.18 Å². The van der Waals surface area contributed by atoms with Crippen LogP contribution in [0, 0.1) is 20.8 Å². The maximum Gasteiger partial charge on any atom is 0.255 e. The smallest absolute Gasteiger partial charge is 0.255 e. The lowest BCUT2D eigenvalue weighted by atomic mass is 10.2. The molecule has 0 atom stereocenters. The van der Waals surface area contributed by atoms with Crippen LogP contribution in [0.3, 0.4) is 0 Å². The van der Waals surface area contributed by atoms with E-state index in [1.54, 1.807) is 18.6 Å². The highest BCUT2D eigenvalue weighted by Crippen LogP contribution is 2.22. The average Bonchev–Trinajstić information content (AvgIpc) is 2.93. The number of aryl methyl sites for hydroxylation is 3. The lowest BCUT2D eigenvalue weighted by Gasteiger charge is -2.08. The number of amides is 1. The molecule has 0 bridgehead atoms. The molecule has 0 aromatic carbocycles. The fourth-order valence-corrected chi connectivity index (χ4v) is 2.76. The van der Waals surface area contributed by atoms with Gasteiger partial charge in [-0.1, -0.05) is 0 Å². The zero-order chi connectivity index (χ0) is 18.0. The fourth-order valence-electron chi connectivity index (χ4n) is 2.76. The third kappa shape index (κ3) is 3.50. The molecule has 0 spiro atoms. The van der Waals surface area contributed by atoms with Crippen molar-refractivity contribution in [3.8, 4) is 0 Å². The van der Waals surface area contributed by atoms with Gasteiger partial charge >= 0.3 is 0 Å². The Bertz CT molecular complexity index is 935. The molecular weight excluding hydrogens is 321 g/mol. The lowest BCUT2D eigenvalue weighted by Crippen LogP contribution is -2.25. The fraction of sp³-hybridized carbons (Fsp3) is 0.333. The second-order valence-corrected chi connectivity index (χ2v) is 6.04. The quantitative estimate of drug-likeness (QED) is 0.774. The molecule has 0 saturated carbocycles. The number of hydrogen-bond donors (Lipinski definition) is 1. The van der Waals surface area contributed by atoms with Gasteiger partial charge in [0, 0.05) is 25.1 Å². The number of aromatic nitrogens is 4. The molecule has 0 aliphatic heterocycles. The van der Waals surface area contributed by atoms with E-state index in [2.05, 4.69) is 20.3 Å². The molecule has 1 N–H and O–H groups in total. The first kappa shape index (κ1) is 17.0. The van der Waals surface area contributed by atoms with Crippen LogP contribution in [0.25, 0.3) is 11.0 Å². The van der Waals surface area contributed by atoms with E-state index < -0.39 is 6.67 Å². The summed E-state index contributed by atoms with van der Waals surface area (Å²) in [5.41, 5.74) is 5.41. The predicted octanol–water partition coefficient (Wildman–Crippen LogP) is 2.50. The summed E-state index contributed by atoms with van der Waals surface area (Å²) < 4.78 is 14.3. The van der Waals surface area contributed by atoms with Crippen molar-refractivity contribution in [2.75, 3.05) is 13.2 Å². The molecule has 0 radical (unpaired) electrons. The van der Waals surface area contributed by atoms with Crippen molar-refractivity contribution in [1.29, 1.82) is 0 Å². The van der Waals surface area contributed by atoms with Gasteiger partial charge in [-0.15, -0.1) is 0 Å². The highest BCUT2D eigenvalue weighted by atomic mass is 19.1. The van der Waals surface area contributed by atoms with Crippen molar-refractivity contribution in [1.82, 2.24) is 24.8 Å². The second-order valence-electron chi connectivity index (χ2n) is 6.04. The lowest BCUT2D eigenvalue weighted by molar-refractivity contribution is 0.0952. The van der Waals surface area contributed by atoms with Crippen molar-refractivity contribution in [3.05, 3.63) is 52.9 Å². The topological polar surface area (TPSA) is 72.7 Å². The molecular formula is C18H20FN5O. The monoisotopic (exact) mass is 341 g/mol. The number of nitrogens with zero attached hydrogens (tertiary/aromatic N) is 4. The van der Waals surface area contributed by atoms with E-state index in [-0.39, 0.29) is 12.5 Å². The van der Waals surface area contributed by atoms with Gasteiger partial charge in [0.25, 0.3) is 5.91 Å². The van der Waals surface area contributed by atoms with Crippen LogP contribution in [0.4, 0.5) is 4.39 Å². The molecule has 7 heteroatoms. The molecule has 0 unspecified atom stereocenters. The first-order chi connectivity index (χ1) is 12.0. The first-order valence-electron chi connectivity index (χ1n) is 8.08.